The summed E-state index contributed by atoms with van der Waals surface area (Å²) in [7, 11) is 0. The highest BCUT2D eigenvalue weighted by Gasteiger charge is 2.11. The van der Waals surface area contributed by atoms with E-state index >= 15 is 4.39 Å². The van der Waals surface area contributed by atoms with Crippen LogP contribution in [0.3, 0.4) is 0 Å². The van der Waals surface area contributed by atoms with Gasteiger partial charge in [-0.1, -0.05) is 88.2 Å². The number of rotatable bonds is 12. The smallest absolute Gasteiger partial charge is 0.131 e. The summed E-state index contributed by atoms with van der Waals surface area (Å²) in [4.78, 5) is 0. The number of aryl methyl sites for hydroxylation is 5. The van der Waals surface area contributed by atoms with Crippen LogP contribution >= 0.6 is 12.6 Å². The van der Waals surface area contributed by atoms with E-state index in [9.17, 15) is 0 Å². The zero-order valence-electron chi connectivity index (χ0n) is 20.5. The minimum atomic E-state index is -0.120. The van der Waals surface area contributed by atoms with Gasteiger partial charge in [0.15, 0.2) is 0 Å². The van der Waals surface area contributed by atoms with Gasteiger partial charge >= 0.3 is 0 Å². The SMILES string of the molecule is CCCCCc1ccc(CCc2ccc(-c3ccc(CC[C@H](C)S)cc3CC)c(F)c2)cc1. The Balaban J connectivity index is 1.65. The average molecular weight is 463 g/mol. The third-order valence-electron chi connectivity index (χ3n) is 6.52. The van der Waals surface area contributed by atoms with Gasteiger partial charge in [0, 0.05) is 5.56 Å². The minimum Gasteiger partial charge on any atom is -0.206 e. The maximum atomic E-state index is 15.1. The largest absolute Gasteiger partial charge is 0.206 e. The standard InChI is InChI=1S/C31H39FS/c1-4-6-7-8-24-11-13-25(14-12-24)15-16-27-18-20-30(31(32)22-27)29-19-17-26(10-9-23(3)33)21-28(29)5-2/h11-14,17-23,33H,4-10,15-16H2,1-3H3/t23-/m0/s1. The van der Waals surface area contributed by atoms with E-state index in [1.54, 1.807) is 6.07 Å². The average Bonchev–Trinajstić information content (AvgIpc) is 2.82. The van der Waals surface area contributed by atoms with E-state index in [1.165, 1.54) is 41.5 Å². The Morgan fingerprint density at radius 1 is 0.697 bits per heavy atom. The molecule has 3 aromatic carbocycles. The number of benzene rings is 3. The number of hydrogen-bond donors (Lipinski definition) is 1. The molecule has 0 aliphatic carbocycles. The van der Waals surface area contributed by atoms with Gasteiger partial charge in [0.2, 0.25) is 0 Å². The summed E-state index contributed by atoms with van der Waals surface area (Å²) >= 11 is 4.49. The van der Waals surface area contributed by atoms with Crippen molar-refractivity contribution in [1.29, 1.82) is 0 Å². The van der Waals surface area contributed by atoms with Gasteiger partial charge in [-0.05, 0) is 89.6 Å². The van der Waals surface area contributed by atoms with E-state index in [1.807, 2.05) is 6.07 Å². The fourth-order valence-electron chi connectivity index (χ4n) is 4.41. The lowest BCUT2D eigenvalue weighted by atomic mass is 9.93. The van der Waals surface area contributed by atoms with E-state index in [4.69, 9.17) is 0 Å². The monoisotopic (exact) mass is 462 g/mol. The molecule has 0 amide bonds. The van der Waals surface area contributed by atoms with E-state index in [2.05, 4.69) is 81.9 Å². The van der Waals surface area contributed by atoms with Crippen molar-refractivity contribution in [2.24, 2.45) is 0 Å². The van der Waals surface area contributed by atoms with Crippen LogP contribution in [0.1, 0.15) is 74.3 Å². The molecule has 0 aliphatic heterocycles. The van der Waals surface area contributed by atoms with Gasteiger partial charge in [0.25, 0.3) is 0 Å². The van der Waals surface area contributed by atoms with Crippen molar-refractivity contribution in [2.45, 2.75) is 83.8 Å². The molecule has 0 bridgehead atoms. The fourth-order valence-corrected chi connectivity index (χ4v) is 4.54. The van der Waals surface area contributed by atoms with Gasteiger partial charge in [0.1, 0.15) is 5.82 Å². The quantitative estimate of drug-likeness (QED) is 0.202. The molecule has 0 nitrogen and oxygen atoms in total. The third kappa shape index (κ3) is 7.74. The van der Waals surface area contributed by atoms with Gasteiger partial charge in [-0.15, -0.1) is 0 Å². The highest BCUT2D eigenvalue weighted by Crippen LogP contribution is 2.29. The lowest BCUT2D eigenvalue weighted by Gasteiger charge is -2.13. The fraction of sp³-hybridized carbons (Fsp3) is 0.419. The molecule has 0 saturated carbocycles. The van der Waals surface area contributed by atoms with E-state index in [0.29, 0.717) is 10.8 Å². The molecule has 0 N–H and O–H groups in total. The van der Waals surface area contributed by atoms with Crippen LogP contribution in [-0.2, 0) is 32.1 Å². The van der Waals surface area contributed by atoms with Gasteiger partial charge in [0.05, 0.1) is 0 Å². The summed E-state index contributed by atoms with van der Waals surface area (Å²) in [5.74, 6) is -0.120. The highest BCUT2D eigenvalue weighted by molar-refractivity contribution is 7.80. The summed E-state index contributed by atoms with van der Waals surface area (Å²) in [5.41, 5.74) is 8.04. The molecule has 0 radical (unpaired) electrons. The van der Waals surface area contributed by atoms with Crippen molar-refractivity contribution in [2.75, 3.05) is 0 Å². The molecule has 0 saturated heterocycles. The highest BCUT2D eigenvalue weighted by atomic mass is 32.1. The second-order valence-corrected chi connectivity index (χ2v) is 10.2. The molecule has 176 valence electrons. The van der Waals surface area contributed by atoms with Crippen LogP contribution in [0.25, 0.3) is 11.1 Å². The van der Waals surface area contributed by atoms with Crippen LogP contribution in [0.5, 0.6) is 0 Å². The number of thiol groups is 1. The first-order valence-electron chi connectivity index (χ1n) is 12.7. The molecule has 0 unspecified atom stereocenters. The Hall–Kier alpha value is -2.06. The third-order valence-corrected chi connectivity index (χ3v) is 6.78. The predicted molar refractivity (Wildman–Crippen MR) is 145 cm³/mol. The Bertz CT molecular complexity index is 1000. The summed E-state index contributed by atoms with van der Waals surface area (Å²) in [6.45, 7) is 6.51. The maximum Gasteiger partial charge on any atom is 0.131 e. The topological polar surface area (TPSA) is 0 Å². The van der Waals surface area contributed by atoms with Crippen LogP contribution in [0.2, 0.25) is 0 Å². The molecule has 0 spiro atoms. The summed E-state index contributed by atoms with van der Waals surface area (Å²) in [6, 6.07) is 21.2. The molecule has 0 aliphatic rings. The number of halogens is 1. The Kier molecular flexibility index (Phi) is 10.1. The zero-order valence-corrected chi connectivity index (χ0v) is 21.4. The molecule has 2 heteroatoms. The van der Waals surface area contributed by atoms with Crippen LogP contribution < -0.4 is 0 Å². The number of unbranched alkanes of at least 4 members (excludes halogenated alkanes) is 2. The molecular weight excluding hydrogens is 423 g/mol. The minimum absolute atomic E-state index is 0.120. The van der Waals surface area contributed by atoms with Crippen molar-refractivity contribution in [1.82, 2.24) is 0 Å². The maximum absolute atomic E-state index is 15.1. The van der Waals surface area contributed by atoms with E-state index in [0.717, 1.165) is 49.7 Å². The first-order valence-corrected chi connectivity index (χ1v) is 13.2. The zero-order chi connectivity index (χ0) is 23.6. The van der Waals surface area contributed by atoms with Crippen LogP contribution in [0.15, 0.2) is 60.7 Å². The van der Waals surface area contributed by atoms with Gasteiger partial charge in [-0.2, -0.15) is 12.6 Å². The van der Waals surface area contributed by atoms with Crippen molar-refractivity contribution in [3.05, 3.63) is 94.3 Å². The molecule has 0 heterocycles. The Morgan fingerprint density at radius 3 is 1.88 bits per heavy atom. The van der Waals surface area contributed by atoms with Crippen LogP contribution in [-0.4, -0.2) is 5.25 Å². The second kappa shape index (κ2) is 13.0. The molecule has 0 fully saturated rings. The molecule has 0 aromatic heterocycles. The van der Waals surface area contributed by atoms with Gasteiger partial charge in [-0.3, -0.25) is 0 Å². The first-order chi connectivity index (χ1) is 16.0. The van der Waals surface area contributed by atoms with E-state index in [-0.39, 0.29) is 5.82 Å². The van der Waals surface area contributed by atoms with Crippen molar-refractivity contribution in [3.8, 4) is 11.1 Å². The predicted octanol–water partition coefficient (Wildman–Crippen LogP) is 8.82. The molecule has 33 heavy (non-hydrogen) atoms. The van der Waals surface area contributed by atoms with Gasteiger partial charge < -0.3 is 0 Å². The molecule has 3 aromatic rings. The van der Waals surface area contributed by atoms with Crippen molar-refractivity contribution >= 4 is 12.6 Å². The van der Waals surface area contributed by atoms with Crippen LogP contribution in [0, 0.1) is 5.82 Å². The normalized spacial score (nSPS) is 12.2. The molecule has 1 atom stereocenters. The van der Waals surface area contributed by atoms with E-state index < -0.39 is 0 Å². The Labute approximate surface area is 206 Å². The summed E-state index contributed by atoms with van der Waals surface area (Å²) in [6.07, 6.45) is 9.73. The molecule has 3 rings (SSSR count). The second-order valence-electron chi connectivity index (χ2n) is 9.32. The molecular formula is C31H39FS. The number of hydrogen-bond acceptors (Lipinski definition) is 1. The van der Waals surface area contributed by atoms with Crippen molar-refractivity contribution in [3.63, 3.8) is 0 Å². The lowest BCUT2D eigenvalue weighted by molar-refractivity contribution is 0.628. The van der Waals surface area contributed by atoms with Crippen molar-refractivity contribution < 1.29 is 4.39 Å². The van der Waals surface area contributed by atoms with Gasteiger partial charge in [-0.25, -0.2) is 4.39 Å². The summed E-state index contributed by atoms with van der Waals surface area (Å²) < 4.78 is 15.1. The first kappa shape index (κ1) is 25.6. The Morgan fingerprint density at radius 2 is 1.27 bits per heavy atom. The summed E-state index contributed by atoms with van der Waals surface area (Å²) in [5, 5.41) is 0.392. The van der Waals surface area contributed by atoms with Crippen LogP contribution in [0.4, 0.5) is 4.39 Å². The lowest BCUT2D eigenvalue weighted by Crippen LogP contribution is -1.98.